The molecular formula is C25H39N5O3S. The molecule has 1 unspecified atom stereocenters. The Balaban J connectivity index is 0.00000199. The van der Waals surface area contributed by atoms with E-state index in [4.69, 9.17) is 0 Å². The van der Waals surface area contributed by atoms with Gasteiger partial charge < -0.3 is 10.0 Å². The molecule has 0 bridgehead atoms. The van der Waals surface area contributed by atoms with Crippen LogP contribution in [0.25, 0.3) is 16.7 Å². The van der Waals surface area contributed by atoms with Crippen molar-refractivity contribution >= 4 is 21.1 Å². The summed E-state index contributed by atoms with van der Waals surface area (Å²) in [5.41, 5.74) is 2.15. The fraction of sp³-hybridized carbons (Fsp3) is 0.520. The van der Waals surface area contributed by atoms with Crippen LogP contribution in [0.15, 0.2) is 41.3 Å². The number of aromatic nitrogens is 3. The number of fused-ring (bicyclic) bond motifs is 1. The topological polar surface area (TPSA) is 100 Å². The molecule has 0 aliphatic rings. The maximum absolute atomic E-state index is 13.1. The molecule has 2 aromatic carbocycles. The molecule has 2 N–H and O–H groups in total. The van der Waals surface area contributed by atoms with E-state index in [1.165, 1.54) is 10.9 Å². The zero-order valence-electron chi connectivity index (χ0n) is 21.2. The van der Waals surface area contributed by atoms with Crippen LogP contribution in [0.5, 0.6) is 5.75 Å². The number of nitrogens with one attached hydrogen (secondary N) is 1. The molecule has 9 heteroatoms. The molecule has 34 heavy (non-hydrogen) atoms. The Morgan fingerprint density at radius 1 is 1.06 bits per heavy atom. The molecule has 0 spiro atoms. The molecule has 1 atom stereocenters. The van der Waals surface area contributed by atoms with Gasteiger partial charge in [-0.1, -0.05) is 53.7 Å². The first-order valence-corrected chi connectivity index (χ1v) is 13.7. The highest BCUT2D eigenvalue weighted by molar-refractivity contribution is 7.89. The number of nitrogens with zero attached hydrogens (tertiary/aromatic N) is 4. The highest BCUT2D eigenvalue weighted by Gasteiger charge is 2.23. The van der Waals surface area contributed by atoms with Crippen LogP contribution in [0.3, 0.4) is 0 Å². The molecular weight excluding hydrogens is 450 g/mol. The van der Waals surface area contributed by atoms with E-state index in [0.717, 1.165) is 32.5 Å². The predicted molar refractivity (Wildman–Crippen MR) is 138 cm³/mol. The van der Waals surface area contributed by atoms with Crippen LogP contribution in [0.1, 0.15) is 65.9 Å². The Bertz CT molecular complexity index is 1120. The van der Waals surface area contributed by atoms with E-state index in [1.54, 1.807) is 6.07 Å². The summed E-state index contributed by atoms with van der Waals surface area (Å²) in [6.45, 7) is 15.2. The second kappa shape index (κ2) is 12.8. The van der Waals surface area contributed by atoms with E-state index in [1.807, 2.05) is 52.0 Å². The van der Waals surface area contributed by atoms with Crippen molar-refractivity contribution < 1.29 is 13.5 Å². The van der Waals surface area contributed by atoms with Crippen LogP contribution in [-0.2, 0) is 10.0 Å². The van der Waals surface area contributed by atoms with Gasteiger partial charge in [0.1, 0.15) is 22.5 Å². The van der Waals surface area contributed by atoms with Crippen LogP contribution in [0.2, 0.25) is 0 Å². The normalized spacial score (nSPS) is 12.6. The summed E-state index contributed by atoms with van der Waals surface area (Å²) >= 11 is 0. The Morgan fingerprint density at radius 3 is 2.18 bits per heavy atom. The van der Waals surface area contributed by atoms with Gasteiger partial charge in [-0.05, 0) is 62.7 Å². The van der Waals surface area contributed by atoms with Crippen molar-refractivity contribution in [3.8, 4) is 11.4 Å². The van der Waals surface area contributed by atoms with Crippen molar-refractivity contribution in [3.63, 3.8) is 0 Å². The van der Waals surface area contributed by atoms with Crippen molar-refractivity contribution in [2.24, 2.45) is 0 Å². The van der Waals surface area contributed by atoms with Crippen LogP contribution in [0.4, 0.5) is 0 Å². The van der Waals surface area contributed by atoms with E-state index in [0.29, 0.717) is 23.1 Å². The molecule has 0 fully saturated rings. The molecule has 0 saturated heterocycles. The summed E-state index contributed by atoms with van der Waals surface area (Å²) in [7, 11) is -3.76. The van der Waals surface area contributed by atoms with Gasteiger partial charge in [-0.25, -0.2) is 13.1 Å². The van der Waals surface area contributed by atoms with E-state index < -0.39 is 10.0 Å². The number of sulfonamides is 1. The summed E-state index contributed by atoms with van der Waals surface area (Å²) in [4.78, 5) is 3.66. The lowest BCUT2D eigenvalue weighted by Gasteiger charge is -2.18. The second-order valence-electron chi connectivity index (χ2n) is 7.95. The lowest BCUT2D eigenvalue weighted by Crippen LogP contribution is -2.30. The lowest BCUT2D eigenvalue weighted by atomic mass is 9.97. The monoisotopic (exact) mass is 489 g/mol. The first-order chi connectivity index (χ1) is 16.3. The van der Waals surface area contributed by atoms with E-state index >= 15 is 0 Å². The summed E-state index contributed by atoms with van der Waals surface area (Å²) in [6, 6.07) is 10.4. The summed E-state index contributed by atoms with van der Waals surface area (Å²) in [6.07, 6.45) is 1.47. The average Bonchev–Trinajstić information content (AvgIpc) is 3.29. The Hall–Kier alpha value is -2.49. The second-order valence-corrected chi connectivity index (χ2v) is 9.71. The van der Waals surface area contributed by atoms with Crippen molar-refractivity contribution in [2.75, 3.05) is 26.2 Å². The maximum atomic E-state index is 13.1. The SMILES string of the molecule is CC.CCC(C)c1cc(S(=O)(=O)NCCCN(CC)CC)cc(-n2nc3ccccc3n2)c1O. The van der Waals surface area contributed by atoms with Crippen LogP contribution in [-0.4, -0.2) is 59.6 Å². The van der Waals surface area contributed by atoms with Gasteiger partial charge in [0.2, 0.25) is 10.0 Å². The maximum Gasteiger partial charge on any atom is 0.240 e. The Morgan fingerprint density at radius 2 is 1.65 bits per heavy atom. The van der Waals surface area contributed by atoms with E-state index in [-0.39, 0.29) is 22.3 Å². The van der Waals surface area contributed by atoms with Gasteiger partial charge in [0.05, 0.1) is 4.90 Å². The molecule has 0 radical (unpaired) electrons. The minimum absolute atomic E-state index is 0.000129. The molecule has 3 rings (SSSR count). The number of phenolic OH excluding ortho intramolecular Hbond substituents is 1. The van der Waals surface area contributed by atoms with Gasteiger partial charge in [0.15, 0.2) is 0 Å². The summed E-state index contributed by atoms with van der Waals surface area (Å²) < 4.78 is 28.9. The number of phenols is 1. The van der Waals surface area contributed by atoms with Gasteiger partial charge in [0.25, 0.3) is 0 Å². The van der Waals surface area contributed by atoms with Gasteiger partial charge in [-0.2, -0.15) is 0 Å². The molecule has 0 saturated carbocycles. The van der Waals surface area contributed by atoms with Crippen molar-refractivity contribution in [1.82, 2.24) is 24.6 Å². The van der Waals surface area contributed by atoms with Crippen LogP contribution < -0.4 is 4.72 Å². The van der Waals surface area contributed by atoms with Gasteiger partial charge in [-0.15, -0.1) is 15.0 Å². The van der Waals surface area contributed by atoms with Crippen LogP contribution in [0, 0.1) is 0 Å². The molecule has 8 nitrogen and oxygen atoms in total. The molecule has 1 heterocycles. The first-order valence-electron chi connectivity index (χ1n) is 12.2. The zero-order chi connectivity index (χ0) is 25.3. The van der Waals surface area contributed by atoms with Gasteiger partial charge >= 0.3 is 0 Å². The molecule has 188 valence electrons. The number of hydrogen-bond acceptors (Lipinski definition) is 6. The van der Waals surface area contributed by atoms with Crippen LogP contribution >= 0.6 is 0 Å². The van der Waals surface area contributed by atoms with Crippen molar-refractivity contribution in [3.05, 3.63) is 42.0 Å². The van der Waals surface area contributed by atoms with E-state index in [9.17, 15) is 13.5 Å². The lowest BCUT2D eigenvalue weighted by molar-refractivity contribution is 0.300. The molecule has 1 aromatic heterocycles. The quantitative estimate of drug-likeness (QED) is 0.380. The number of rotatable bonds is 11. The highest BCUT2D eigenvalue weighted by atomic mass is 32.2. The first kappa shape index (κ1) is 27.8. The Kier molecular flexibility index (Phi) is 10.5. The number of hydrogen-bond donors (Lipinski definition) is 2. The number of benzene rings is 2. The summed E-state index contributed by atoms with van der Waals surface area (Å²) in [5, 5.41) is 19.8. The molecule has 3 aromatic rings. The molecule has 0 aliphatic heterocycles. The smallest absolute Gasteiger partial charge is 0.240 e. The third-order valence-electron chi connectivity index (χ3n) is 5.89. The fourth-order valence-corrected chi connectivity index (χ4v) is 4.75. The highest BCUT2D eigenvalue weighted by Crippen LogP contribution is 2.35. The summed E-state index contributed by atoms with van der Waals surface area (Å²) in [5.74, 6) is -0.0308. The largest absolute Gasteiger partial charge is 0.505 e. The molecule has 0 amide bonds. The fourth-order valence-electron chi connectivity index (χ4n) is 3.62. The average molecular weight is 490 g/mol. The molecule has 0 aliphatic carbocycles. The minimum Gasteiger partial charge on any atom is -0.505 e. The predicted octanol–water partition coefficient (Wildman–Crippen LogP) is 4.68. The third kappa shape index (κ3) is 6.55. The third-order valence-corrected chi connectivity index (χ3v) is 7.33. The number of aromatic hydroxyl groups is 1. The Labute approximate surface area is 204 Å². The standard InChI is InChI=1S/C23H33N5O3S.C2H6/c1-5-17(4)19-15-18(32(30,31)24-13-10-14-27(6-2)7-3)16-22(23(19)29)28-25-20-11-8-9-12-21(20)26-28;1-2/h8-9,11-12,15-17,24,29H,5-7,10,13-14H2,1-4H3;1-2H3. The van der Waals surface area contributed by atoms with Gasteiger partial charge in [-0.3, -0.25) is 0 Å². The van der Waals surface area contributed by atoms with Crippen molar-refractivity contribution in [2.45, 2.75) is 65.2 Å². The van der Waals surface area contributed by atoms with E-state index in [2.05, 4.69) is 33.7 Å². The minimum atomic E-state index is -3.76. The van der Waals surface area contributed by atoms with Crippen molar-refractivity contribution in [1.29, 1.82) is 0 Å². The zero-order valence-corrected chi connectivity index (χ0v) is 22.1. The van der Waals surface area contributed by atoms with Gasteiger partial charge in [0, 0.05) is 12.1 Å².